The molecule has 0 saturated carbocycles. The van der Waals surface area contributed by atoms with E-state index in [2.05, 4.69) is 67.9 Å². The third-order valence-electron chi connectivity index (χ3n) is 5.45. The minimum atomic E-state index is 0.303. The van der Waals surface area contributed by atoms with Crippen molar-refractivity contribution in [2.45, 2.75) is 20.5 Å². The summed E-state index contributed by atoms with van der Waals surface area (Å²) >= 11 is 0. The number of aromatic amines is 1. The highest BCUT2D eigenvalue weighted by Gasteiger charge is 2.09. The number of methoxy groups -OCH3 is 1. The van der Waals surface area contributed by atoms with E-state index in [1.54, 1.807) is 13.3 Å². The topological polar surface area (TPSA) is 97.3 Å². The highest BCUT2D eigenvalue weighted by Crippen LogP contribution is 2.28. The number of benzene rings is 3. The molecule has 34 heavy (non-hydrogen) atoms. The summed E-state index contributed by atoms with van der Waals surface area (Å²) in [6, 6.07) is 20.0. The average molecular weight is 453 g/mol. The summed E-state index contributed by atoms with van der Waals surface area (Å²) in [5.74, 6) is 1.60. The van der Waals surface area contributed by atoms with Crippen molar-refractivity contribution in [3.05, 3.63) is 82.9 Å². The van der Waals surface area contributed by atoms with Crippen LogP contribution in [0.15, 0.2) is 65.8 Å². The van der Waals surface area contributed by atoms with Gasteiger partial charge in [0.2, 0.25) is 0 Å². The van der Waals surface area contributed by atoms with Gasteiger partial charge in [-0.2, -0.15) is 10.1 Å². The second-order valence-corrected chi connectivity index (χ2v) is 8.06. The average Bonchev–Trinajstić information content (AvgIpc) is 3.21. The van der Waals surface area contributed by atoms with Gasteiger partial charge in [0.05, 0.1) is 13.3 Å². The van der Waals surface area contributed by atoms with Crippen LogP contribution < -0.4 is 14.9 Å². The van der Waals surface area contributed by atoms with E-state index in [1.807, 2.05) is 37.3 Å². The van der Waals surface area contributed by atoms with Crippen LogP contribution in [0.4, 0.5) is 5.95 Å². The molecule has 8 heteroatoms. The molecule has 5 aromatic rings. The van der Waals surface area contributed by atoms with E-state index in [1.165, 1.54) is 5.56 Å². The van der Waals surface area contributed by atoms with E-state index in [0.717, 1.165) is 33.1 Å². The molecule has 0 aliphatic carbocycles. The van der Waals surface area contributed by atoms with Gasteiger partial charge in [-0.15, -0.1) is 10.2 Å². The number of fused-ring (bicyclic) bond motifs is 3. The molecule has 0 fully saturated rings. The van der Waals surface area contributed by atoms with Crippen LogP contribution in [0.5, 0.6) is 11.5 Å². The van der Waals surface area contributed by atoms with Crippen molar-refractivity contribution in [3.8, 4) is 11.5 Å². The lowest BCUT2D eigenvalue weighted by Crippen LogP contribution is -2.00. The first kappa shape index (κ1) is 21.4. The predicted octanol–water partition coefficient (Wildman–Crippen LogP) is 5.16. The van der Waals surface area contributed by atoms with Crippen molar-refractivity contribution >= 4 is 34.2 Å². The summed E-state index contributed by atoms with van der Waals surface area (Å²) in [6.45, 7) is 4.57. The van der Waals surface area contributed by atoms with Gasteiger partial charge >= 0.3 is 0 Å². The fourth-order valence-electron chi connectivity index (χ4n) is 3.63. The zero-order valence-corrected chi connectivity index (χ0v) is 19.2. The number of nitrogens with zero attached hydrogens (tertiary/aromatic N) is 4. The van der Waals surface area contributed by atoms with Crippen molar-refractivity contribution in [3.63, 3.8) is 0 Å². The first-order valence-electron chi connectivity index (χ1n) is 10.9. The predicted molar refractivity (Wildman–Crippen MR) is 134 cm³/mol. The molecule has 0 atom stereocenters. The molecule has 2 heterocycles. The van der Waals surface area contributed by atoms with Crippen LogP contribution >= 0.6 is 0 Å². The van der Waals surface area contributed by atoms with Crippen LogP contribution in [0.25, 0.3) is 22.1 Å². The number of aromatic nitrogens is 4. The number of hydrogen-bond acceptors (Lipinski definition) is 7. The van der Waals surface area contributed by atoms with Gasteiger partial charge in [0.1, 0.15) is 12.1 Å². The summed E-state index contributed by atoms with van der Waals surface area (Å²) in [6.07, 6.45) is 1.66. The molecule has 8 nitrogen and oxygen atoms in total. The molecule has 0 radical (unpaired) electrons. The summed E-state index contributed by atoms with van der Waals surface area (Å²) in [7, 11) is 1.61. The van der Waals surface area contributed by atoms with Gasteiger partial charge in [0.15, 0.2) is 17.1 Å². The molecule has 0 saturated heterocycles. The Bertz CT molecular complexity index is 1490. The fraction of sp³-hybridized carbons (Fsp3) is 0.154. The van der Waals surface area contributed by atoms with E-state index in [0.29, 0.717) is 29.7 Å². The number of hydrazone groups is 1. The van der Waals surface area contributed by atoms with Crippen LogP contribution in [-0.4, -0.2) is 33.5 Å². The lowest BCUT2D eigenvalue weighted by atomic mass is 10.2. The zero-order valence-electron chi connectivity index (χ0n) is 19.2. The summed E-state index contributed by atoms with van der Waals surface area (Å²) < 4.78 is 11.4. The highest BCUT2D eigenvalue weighted by atomic mass is 16.5. The normalized spacial score (nSPS) is 11.4. The summed E-state index contributed by atoms with van der Waals surface area (Å²) in [5, 5.41) is 13.7. The first-order valence-corrected chi connectivity index (χ1v) is 10.9. The van der Waals surface area contributed by atoms with E-state index < -0.39 is 0 Å². The Morgan fingerprint density at radius 2 is 1.76 bits per heavy atom. The molecule has 0 unspecified atom stereocenters. The van der Waals surface area contributed by atoms with Crippen LogP contribution in [-0.2, 0) is 6.61 Å². The Labute approximate surface area is 196 Å². The third-order valence-corrected chi connectivity index (χ3v) is 5.45. The van der Waals surface area contributed by atoms with Crippen LogP contribution in [0.2, 0.25) is 0 Å². The smallest absolute Gasteiger partial charge is 0.265 e. The number of H-pyrrole nitrogens is 1. The number of hydrogen-bond donors (Lipinski definition) is 2. The fourth-order valence-corrected chi connectivity index (χ4v) is 3.63. The Morgan fingerprint density at radius 3 is 2.59 bits per heavy atom. The van der Waals surface area contributed by atoms with Gasteiger partial charge in [0, 0.05) is 10.9 Å². The number of ether oxygens (including phenoxy) is 2. The minimum absolute atomic E-state index is 0.303. The zero-order chi connectivity index (χ0) is 23.5. The maximum Gasteiger partial charge on any atom is 0.265 e. The van der Waals surface area contributed by atoms with E-state index in [4.69, 9.17) is 9.47 Å². The van der Waals surface area contributed by atoms with Gasteiger partial charge in [-0.1, -0.05) is 41.5 Å². The highest BCUT2D eigenvalue weighted by molar-refractivity contribution is 6.03. The van der Waals surface area contributed by atoms with Crippen molar-refractivity contribution in [2.24, 2.45) is 5.10 Å². The Balaban J connectivity index is 1.27. The van der Waals surface area contributed by atoms with E-state index in [-0.39, 0.29) is 0 Å². The van der Waals surface area contributed by atoms with Crippen LogP contribution in [0, 0.1) is 13.8 Å². The quantitative estimate of drug-likeness (QED) is 0.262. The van der Waals surface area contributed by atoms with Crippen molar-refractivity contribution < 1.29 is 9.47 Å². The molecule has 2 N–H and O–H groups in total. The molecule has 0 amide bonds. The molecule has 2 aromatic heterocycles. The number of nitrogens with one attached hydrogen (secondary N) is 2. The van der Waals surface area contributed by atoms with Gasteiger partial charge in [-0.3, -0.25) is 0 Å². The van der Waals surface area contributed by atoms with Crippen LogP contribution in [0.1, 0.15) is 22.3 Å². The summed E-state index contributed by atoms with van der Waals surface area (Å²) in [5.41, 5.74) is 9.51. The second kappa shape index (κ2) is 9.19. The Morgan fingerprint density at radius 1 is 0.941 bits per heavy atom. The molecule has 3 aromatic carbocycles. The van der Waals surface area contributed by atoms with Crippen molar-refractivity contribution in [1.29, 1.82) is 0 Å². The van der Waals surface area contributed by atoms with Gasteiger partial charge in [-0.05, 0) is 55.3 Å². The number of rotatable bonds is 7. The standard InChI is InChI=1S/C26H24N6O2/c1-16-4-7-18(8-5-16)15-34-22-11-9-19(13-23(22)33-3)14-27-31-26-29-25-24(30-32-26)20-12-17(2)6-10-21(20)28-25/h4-14H,15H2,1-3H3,(H2,28,29,31,32)/b27-14+. The van der Waals surface area contributed by atoms with E-state index in [9.17, 15) is 0 Å². The first-order chi connectivity index (χ1) is 16.6. The third kappa shape index (κ3) is 4.52. The molecular formula is C26H24N6O2. The number of anilines is 1. The lowest BCUT2D eigenvalue weighted by molar-refractivity contribution is 0.284. The van der Waals surface area contributed by atoms with Crippen molar-refractivity contribution in [1.82, 2.24) is 20.2 Å². The maximum absolute atomic E-state index is 5.94. The molecule has 0 bridgehead atoms. The van der Waals surface area contributed by atoms with Gasteiger partial charge in [-0.25, -0.2) is 5.43 Å². The van der Waals surface area contributed by atoms with Gasteiger partial charge < -0.3 is 14.5 Å². The summed E-state index contributed by atoms with van der Waals surface area (Å²) in [4.78, 5) is 7.75. The lowest BCUT2D eigenvalue weighted by Gasteiger charge is -2.11. The maximum atomic E-state index is 5.94. The number of aryl methyl sites for hydroxylation is 2. The molecule has 0 aliphatic rings. The molecule has 0 aliphatic heterocycles. The Hall–Kier alpha value is -4.46. The SMILES string of the molecule is COc1cc(/C=N/Nc2nnc3c(n2)[nH]c2ccc(C)cc23)ccc1OCc1ccc(C)cc1. The molecular weight excluding hydrogens is 428 g/mol. The molecule has 0 spiro atoms. The second-order valence-electron chi connectivity index (χ2n) is 8.06. The van der Waals surface area contributed by atoms with Gasteiger partial charge in [0.25, 0.3) is 5.95 Å². The monoisotopic (exact) mass is 452 g/mol. The minimum Gasteiger partial charge on any atom is -0.493 e. The Kier molecular flexibility index (Phi) is 5.78. The molecule has 5 rings (SSSR count). The van der Waals surface area contributed by atoms with E-state index >= 15 is 0 Å². The van der Waals surface area contributed by atoms with Crippen molar-refractivity contribution in [2.75, 3.05) is 12.5 Å². The largest absolute Gasteiger partial charge is 0.493 e. The molecule has 170 valence electrons. The van der Waals surface area contributed by atoms with Crippen LogP contribution in [0.3, 0.4) is 0 Å².